The molecular weight excluding hydrogens is 535 g/mol. The average Bonchev–Trinajstić information content (AvgIpc) is 2.84. The van der Waals surface area contributed by atoms with Crippen molar-refractivity contribution in [3.63, 3.8) is 0 Å². The fourth-order valence-electron chi connectivity index (χ4n) is 4.52. The number of halogens is 3. The Morgan fingerprint density at radius 2 is 1.63 bits per heavy atom. The predicted octanol–water partition coefficient (Wildman–Crippen LogP) is 4.75. The van der Waals surface area contributed by atoms with E-state index in [1.807, 2.05) is 0 Å². The topological polar surface area (TPSA) is 76.2 Å². The van der Waals surface area contributed by atoms with Gasteiger partial charge >= 0.3 is 0 Å². The fraction of sp³-hybridized carbons (Fsp3) is 0.458. The second kappa shape index (κ2) is 11.2. The first kappa shape index (κ1) is 26.5. The Hall–Kier alpha value is -1.55. The largest absolute Gasteiger partial charge is 0.493 e. The van der Waals surface area contributed by atoms with Crippen molar-refractivity contribution in [3.8, 4) is 5.75 Å². The van der Waals surface area contributed by atoms with Crippen LogP contribution in [0.2, 0.25) is 15.1 Å². The third kappa shape index (κ3) is 6.61. The van der Waals surface area contributed by atoms with Gasteiger partial charge in [-0.2, -0.15) is 4.31 Å². The maximum Gasteiger partial charge on any atom is 0.243 e. The number of sulfonamides is 1. The molecule has 4 rings (SSSR count). The Balaban J connectivity index is 1.59. The molecule has 2 aromatic carbocycles. The molecule has 1 atom stereocenters. The molecule has 0 aliphatic carbocycles. The van der Waals surface area contributed by atoms with E-state index in [4.69, 9.17) is 44.3 Å². The van der Waals surface area contributed by atoms with Crippen LogP contribution in [0.4, 0.5) is 0 Å². The first-order chi connectivity index (χ1) is 16.7. The van der Waals surface area contributed by atoms with Crippen LogP contribution < -0.4 is 4.74 Å². The Morgan fingerprint density at radius 3 is 2.29 bits per heavy atom. The number of hydrogen-bond donors (Lipinski definition) is 0. The van der Waals surface area contributed by atoms with Gasteiger partial charge in [-0.1, -0.05) is 34.8 Å². The van der Waals surface area contributed by atoms with E-state index in [2.05, 4.69) is 0 Å². The van der Waals surface area contributed by atoms with E-state index in [-0.39, 0.29) is 40.4 Å². The third-order valence-electron chi connectivity index (χ3n) is 6.35. The summed E-state index contributed by atoms with van der Waals surface area (Å²) in [6.07, 6.45) is 1.41. The number of ether oxygens (including phenoxy) is 2. The second-order valence-corrected chi connectivity index (χ2v) is 12.2. The number of rotatable bonds is 7. The van der Waals surface area contributed by atoms with E-state index in [1.54, 1.807) is 29.2 Å². The molecule has 0 bridgehead atoms. The van der Waals surface area contributed by atoms with Gasteiger partial charge in [0.25, 0.3) is 0 Å². The van der Waals surface area contributed by atoms with Crippen molar-refractivity contribution in [2.45, 2.75) is 24.2 Å². The molecule has 1 amide bonds. The van der Waals surface area contributed by atoms with Crippen molar-refractivity contribution in [1.29, 1.82) is 0 Å². The SMILES string of the molecule is O=C(C[C@]1(COc2ccc(Cl)cc2)CCCN(S(=O)(=O)c2cc(Cl)cc(Cl)c2)C1)N1CCOCC1. The summed E-state index contributed by atoms with van der Waals surface area (Å²) in [5.41, 5.74) is -0.706. The lowest BCUT2D eigenvalue weighted by molar-refractivity contribution is -0.139. The van der Waals surface area contributed by atoms with Crippen LogP contribution in [-0.2, 0) is 19.6 Å². The maximum atomic E-state index is 13.5. The van der Waals surface area contributed by atoms with Crippen molar-refractivity contribution in [3.05, 3.63) is 57.5 Å². The van der Waals surface area contributed by atoms with Crippen LogP contribution in [0, 0.1) is 5.41 Å². The van der Waals surface area contributed by atoms with Crippen molar-refractivity contribution < 1.29 is 22.7 Å². The summed E-state index contributed by atoms with van der Waals surface area (Å²) in [4.78, 5) is 15.0. The molecule has 190 valence electrons. The zero-order valence-electron chi connectivity index (χ0n) is 19.1. The molecule has 0 spiro atoms. The average molecular weight is 562 g/mol. The van der Waals surface area contributed by atoms with E-state index < -0.39 is 15.4 Å². The monoisotopic (exact) mass is 560 g/mol. The van der Waals surface area contributed by atoms with E-state index in [9.17, 15) is 13.2 Å². The molecule has 7 nitrogen and oxygen atoms in total. The normalized spacial score (nSPS) is 21.6. The lowest BCUT2D eigenvalue weighted by atomic mass is 9.78. The maximum absolute atomic E-state index is 13.5. The van der Waals surface area contributed by atoms with Gasteiger partial charge in [0.2, 0.25) is 15.9 Å². The van der Waals surface area contributed by atoms with Gasteiger partial charge in [-0.05, 0) is 55.3 Å². The first-order valence-electron chi connectivity index (χ1n) is 11.4. The zero-order chi connectivity index (χ0) is 25.1. The van der Waals surface area contributed by atoms with Gasteiger partial charge in [-0.3, -0.25) is 4.79 Å². The smallest absolute Gasteiger partial charge is 0.243 e. The van der Waals surface area contributed by atoms with Gasteiger partial charge in [0.15, 0.2) is 0 Å². The van der Waals surface area contributed by atoms with Crippen LogP contribution in [0.5, 0.6) is 5.75 Å². The standard InChI is InChI=1S/C24H27Cl3N2O5S/c25-18-2-4-21(5-3-18)34-17-24(15-23(30)28-8-10-33-11-9-28)6-1-7-29(16-24)35(31,32)22-13-19(26)12-20(27)14-22/h2-5,12-14H,1,6-11,15-17H2/t24-/m1/s1. The van der Waals surface area contributed by atoms with Crippen molar-refractivity contribution >= 4 is 50.7 Å². The Bertz CT molecular complexity index is 1140. The number of amides is 1. The van der Waals surface area contributed by atoms with Gasteiger partial charge in [-0.25, -0.2) is 8.42 Å². The summed E-state index contributed by atoms with van der Waals surface area (Å²) >= 11 is 18.1. The summed E-state index contributed by atoms with van der Waals surface area (Å²) in [7, 11) is -3.88. The Morgan fingerprint density at radius 1 is 0.971 bits per heavy atom. The summed E-state index contributed by atoms with van der Waals surface area (Å²) < 4.78 is 39.9. The highest BCUT2D eigenvalue weighted by atomic mass is 35.5. The van der Waals surface area contributed by atoms with Crippen LogP contribution in [0.25, 0.3) is 0 Å². The highest BCUT2D eigenvalue weighted by Gasteiger charge is 2.43. The molecular formula is C24H27Cl3N2O5S. The van der Waals surface area contributed by atoms with Crippen LogP contribution >= 0.6 is 34.8 Å². The summed E-state index contributed by atoms with van der Waals surface area (Å²) in [6, 6.07) is 11.2. The molecule has 11 heteroatoms. The minimum Gasteiger partial charge on any atom is -0.493 e. The van der Waals surface area contributed by atoms with Crippen molar-refractivity contribution in [2.24, 2.45) is 5.41 Å². The minimum atomic E-state index is -3.88. The third-order valence-corrected chi connectivity index (χ3v) is 8.86. The van der Waals surface area contributed by atoms with Gasteiger partial charge in [0, 0.05) is 53.1 Å². The van der Waals surface area contributed by atoms with Crippen LogP contribution in [0.1, 0.15) is 19.3 Å². The van der Waals surface area contributed by atoms with Crippen LogP contribution in [-0.4, -0.2) is 69.5 Å². The van der Waals surface area contributed by atoms with Crippen LogP contribution in [0.15, 0.2) is 47.4 Å². The molecule has 2 heterocycles. The molecule has 0 unspecified atom stereocenters. The number of carbonyl (C=O) groups is 1. The second-order valence-electron chi connectivity index (χ2n) is 8.96. The van der Waals surface area contributed by atoms with Crippen LogP contribution in [0.3, 0.4) is 0 Å². The van der Waals surface area contributed by atoms with Gasteiger partial charge < -0.3 is 14.4 Å². The molecule has 0 saturated carbocycles. The van der Waals surface area contributed by atoms with Gasteiger partial charge in [-0.15, -0.1) is 0 Å². The quantitative estimate of drug-likeness (QED) is 0.488. The van der Waals surface area contributed by atoms with Crippen molar-refractivity contribution in [1.82, 2.24) is 9.21 Å². The number of hydrogen-bond acceptors (Lipinski definition) is 5. The van der Waals surface area contributed by atoms with E-state index in [1.165, 1.54) is 22.5 Å². The highest BCUT2D eigenvalue weighted by molar-refractivity contribution is 7.89. The molecule has 2 aromatic rings. The lowest BCUT2D eigenvalue weighted by Gasteiger charge is -2.42. The number of carbonyl (C=O) groups excluding carboxylic acids is 1. The summed E-state index contributed by atoms with van der Waals surface area (Å²) in [5, 5.41) is 1.07. The molecule has 0 N–H and O–H groups in total. The number of morpholine rings is 1. The van der Waals surface area contributed by atoms with Crippen molar-refractivity contribution in [2.75, 3.05) is 46.0 Å². The molecule has 2 saturated heterocycles. The summed E-state index contributed by atoms with van der Waals surface area (Å²) in [5.74, 6) is 0.576. The zero-order valence-corrected chi connectivity index (χ0v) is 22.2. The molecule has 35 heavy (non-hydrogen) atoms. The number of benzene rings is 2. The molecule has 2 aliphatic heterocycles. The van der Waals surface area contributed by atoms with E-state index in [0.717, 1.165) is 0 Å². The minimum absolute atomic E-state index is 0.0296. The summed E-state index contributed by atoms with van der Waals surface area (Å²) in [6.45, 7) is 2.70. The highest BCUT2D eigenvalue weighted by Crippen LogP contribution is 2.38. The molecule has 0 aromatic heterocycles. The van der Waals surface area contributed by atoms with Gasteiger partial charge in [0.05, 0.1) is 24.7 Å². The fourth-order valence-corrected chi connectivity index (χ4v) is 6.96. The Kier molecular flexibility index (Phi) is 8.51. The van der Waals surface area contributed by atoms with E-state index in [0.29, 0.717) is 56.5 Å². The lowest BCUT2D eigenvalue weighted by Crippen LogP contribution is -2.51. The number of piperidine rings is 1. The van der Waals surface area contributed by atoms with Gasteiger partial charge in [0.1, 0.15) is 5.75 Å². The first-order valence-corrected chi connectivity index (χ1v) is 13.9. The molecule has 2 aliphatic rings. The Labute approximate surface area is 220 Å². The van der Waals surface area contributed by atoms with E-state index >= 15 is 0 Å². The molecule has 0 radical (unpaired) electrons. The molecule has 2 fully saturated rings. The number of nitrogens with zero attached hydrogens (tertiary/aromatic N) is 2. The predicted molar refractivity (Wildman–Crippen MR) is 136 cm³/mol.